The van der Waals surface area contributed by atoms with E-state index in [1.165, 1.54) is 26.6 Å². The van der Waals surface area contributed by atoms with E-state index in [4.69, 9.17) is 9.47 Å². The molecule has 4 aliphatic rings. The third kappa shape index (κ3) is 6.72. The Hall–Kier alpha value is -5.22. The second-order valence-corrected chi connectivity index (χ2v) is 14.5. The van der Waals surface area contributed by atoms with Gasteiger partial charge in [0.05, 0.1) is 36.0 Å². The third-order valence-electron chi connectivity index (χ3n) is 10.5. The number of aromatic nitrogens is 2. The predicted molar refractivity (Wildman–Crippen MR) is 199 cm³/mol. The van der Waals surface area contributed by atoms with Gasteiger partial charge in [0, 0.05) is 75.8 Å². The molecular formula is C38H44F2N6O8. The summed E-state index contributed by atoms with van der Waals surface area (Å²) in [5, 5.41) is 25.5. The number of hydrogen-bond donors (Lipinski definition) is 4. The molecule has 4 aromatic rings. The molecule has 2 aliphatic heterocycles. The zero-order valence-electron chi connectivity index (χ0n) is 30.6. The van der Waals surface area contributed by atoms with Gasteiger partial charge in [-0.15, -0.1) is 0 Å². The number of halogens is 2. The molecule has 0 radical (unpaired) electrons. The number of aromatic carboxylic acids is 2. The fraction of sp³-hybridized carbons (Fsp3) is 0.474. The summed E-state index contributed by atoms with van der Waals surface area (Å²) in [4.78, 5) is 52.2. The molecular weight excluding hydrogens is 706 g/mol. The summed E-state index contributed by atoms with van der Waals surface area (Å²) in [6.07, 6.45) is 6.29. The first-order valence-electron chi connectivity index (χ1n) is 18.2. The van der Waals surface area contributed by atoms with Gasteiger partial charge >= 0.3 is 11.9 Å². The molecule has 2 unspecified atom stereocenters. The van der Waals surface area contributed by atoms with Crippen LogP contribution in [0.15, 0.2) is 34.1 Å². The van der Waals surface area contributed by atoms with Crippen LogP contribution in [0.5, 0.6) is 11.5 Å². The molecule has 288 valence electrons. The van der Waals surface area contributed by atoms with Gasteiger partial charge in [-0.3, -0.25) is 9.59 Å². The van der Waals surface area contributed by atoms with E-state index in [2.05, 4.69) is 10.6 Å². The van der Waals surface area contributed by atoms with Crippen molar-refractivity contribution in [2.75, 3.05) is 63.3 Å². The first-order chi connectivity index (χ1) is 25.8. The summed E-state index contributed by atoms with van der Waals surface area (Å²) < 4.78 is 44.9. The fourth-order valence-corrected chi connectivity index (χ4v) is 7.72. The monoisotopic (exact) mass is 750 g/mol. The van der Waals surface area contributed by atoms with Crippen LogP contribution in [-0.2, 0) is 0 Å². The molecule has 4 N–H and O–H groups in total. The molecule has 54 heavy (non-hydrogen) atoms. The molecule has 14 nitrogen and oxygen atoms in total. The number of hydrogen-bond acceptors (Lipinski definition) is 10. The quantitative estimate of drug-likeness (QED) is 0.205. The number of benzene rings is 2. The fourth-order valence-electron chi connectivity index (χ4n) is 7.72. The van der Waals surface area contributed by atoms with Gasteiger partial charge in [0.15, 0.2) is 23.1 Å². The number of rotatable bonds is 8. The number of anilines is 2. The van der Waals surface area contributed by atoms with Crippen LogP contribution in [0.1, 0.15) is 72.3 Å². The smallest absolute Gasteiger partial charge is 0.341 e. The number of pyridine rings is 2. The molecule has 8 rings (SSSR count). The predicted octanol–water partition coefficient (Wildman–Crippen LogP) is 3.96. The third-order valence-corrected chi connectivity index (χ3v) is 10.5. The summed E-state index contributed by atoms with van der Waals surface area (Å²) in [7, 11) is 2.91. The van der Waals surface area contributed by atoms with Gasteiger partial charge in [0.2, 0.25) is 10.9 Å². The molecule has 2 aromatic carbocycles. The van der Waals surface area contributed by atoms with Crippen LogP contribution in [0, 0.1) is 11.6 Å². The van der Waals surface area contributed by atoms with E-state index < -0.39 is 34.4 Å². The summed E-state index contributed by atoms with van der Waals surface area (Å²) in [5.74, 6) is -3.18. The Morgan fingerprint density at radius 2 is 1.07 bits per heavy atom. The van der Waals surface area contributed by atoms with Crippen molar-refractivity contribution < 1.29 is 38.1 Å². The first kappa shape index (κ1) is 37.1. The van der Waals surface area contributed by atoms with Crippen molar-refractivity contribution in [2.24, 2.45) is 0 Å². The maximum Gasteiger partial charge on any atom is 0.341 e. The van der Waals surface area contributed by atoms with E-state index in [1.807, 2.05) is 23.6 Å². The van der Waals surface area contributed by atoms with Gasteiger partial charge in [-0.2, -0.15) is 0 Å². The summed E-state index contributed by atoms with van der Waals surface area (Å²) in [6.45, 7) is 7.94. The molecule has 16 heteroatoms. The molecule has 2 saturated carbocycles. The highest BCUT2D eigenvalue weighted by atomic mass is 19.1. The van der Waals surface area contributed by atoms with Crippen LogP contribution in [0.3, 0.4) is 0 Å². The zero-order chi connectivity index (χ0) is 38.6. The topological polar surface area (TPSA) is 168 Å². The van der Waals surface area contributed by atoms with Crippen molar-refractivity contribution in [3.8, 4) is 11.5 Å². The maximum atomic E-state index is 15.1. The lowest BCUT2D eigenvalue weighted by Gasteiger charge is -2.35. The van der Waals surface area contributed by atoms with Crippen LogP contribution >= 0.6 is 0 Å². The van der Waals surface area contributed by atoms with E-state index in [1.54, 1.807) is 9.13 Å². The Morgan fingerprint density at radius 1 is 0.704 bits per heavy atom. The minimum absolute atomic E-state index is 0.0445. The van der Waals surface area contributed by atoms with Gasteiger partial charge in [-0.25, -0.2) is 18.4 Å². The molecule has 2 atom stereocenters. The average Bonchev–Trinajstić information content (AvgIpc) is 4.06. The minimum atomic E-state index is -1.31. The number of nitrogens with one attached hydrogen (secondary N) is 2. The van der Waals surface area contributed by atoms with Crippen LogP contribution in [0.2, 0.25) is 0 Å². The van der Waals surface area contributed by atoms with Crippen molar-refractivity contribution in [2.45, 2.75) is 63.7 Å². The van der Waals surface area contributed by atoms with Crippen molar-refractivity contribution in [1.29, 1.82) is 0 Å². The van der Waals surface area contributed by atoms with Crippen molar-refractivity contribution in [3.63, 3.8) is 0 Å². The lowest BCUT2D eigenvalue weighted by Crippen LogP contribution is -2.49. The van der Waals surface area contributed by atoms with Gasteiger partial charge in [-0.1, -0.05) is 0 Å². The second kappa shape index (κ2) is 14.5. The highest BCUT2D eigenvalue weighted by molar-refractivity contribution is 5.98. The van der Waals surface area contributed by atoms with E-state index in [-0.39, 0.29) is 46.1 Å². The highest BCUT2D eigenvalue weighted by Crippen LogP contribution is 2.45. The molecule has 2 saturated heterocycles. The van der Waals surface area contributed by atoms with E-state index in [9.17, 15) is 29.4 Å². The molecule has 2 aliphatic carbocycles. The van der Waals surface area contributed by atoms with Crippen LogP contribution in [-0.4, -0.2) is 96.9 Å². The Labute approximate surface area is 308 Å². The maximum absolute atomic E-state index is 15.1. The second-order valence-electron chi connectivity index (χ2n) is 14.5. The number of methoxy groups -OCH3 is 2. The number of nitrogens with zero attached hydrogens (tertiary/aromatic N) is 4. The number of fused-ring (bicyclic) bond motifs is 2. The van der Waals surface area contributed by atoms with E-state index >= 15 is 8.78 Å². The number of carbonyl (C=O) groups is 2. The van der Waals surface area contributed by atoms with E-state index in [0.29, 0.717) is 60.1 Å². The highest BCUT2D eigenvalue weighted by Gasteiger charge is 2.34. The molecule has 0 amide bonds. The van der Waals surface area contributed by atoms with Crippen molar-refractivity contribution in [3.05, 3.63) is 67.7 Å². The zero-order valence-corrected chi connectivity index (χ0v) is 30.6. The lowest BCUT2D eigenvalue weighted by atomic mass is 10.1. The molecule has 4 heterocycles. The van der Waals surface area contributed by atoms with Crippen LogP contribution in [0.25, 0.3) is 21.8 Å². The standard InChI is InChI=1S/2C19H22FN3O4/c2*1-10-8-22(6-5-21-10)16-14(20)7-12-15(18(16)27-2)23(11-3-4-11)9-13(17(12)24)19(25)26/h2*7,9-11,21H,3-6,8H2,1-2H3,(H,25,26). The Bertz CT molecular complexity index is 2130. The summed E-state index contributed by atoms with van der Waals surface area (Å²) in [5.41, 5.74) is -0.474. The molecule has 0 bridgehead atoms. The normalized spacial score (nSPS) is 20.1. The summed E-state index contributed by atoms with van der Waals surface area (Å²) in [6, 6.07) is 2.90. The Morgan fingerprint density at radius 3 is 1.37 bits per heavy atom. The van der Waals surface area contributed by atoms with Crippen molar-refractivity contribution in [1.82, 2.24) is 19.8 Å². The largest absolute Gasteiger partial charge is 0.492 e. The number of carboxylic acids is 2. The van der Waals surface area contributed by atoms with Crippen molar-refractivity contribution >= 4 is 45.1 Å². The Balaban J connectivity index is 0.000000167. The minimum Gasteiger partial charge on any atom is -0.492 e. The Kier molecular flexibility index (Phi) is 10.00. The van der Waals surface area contributed by atoms with Gasteiger partial charge in [0.25, 0.3) is 0 Å². The van der Waals surface area contributed by atoms with Crippen LogP contribution < -0.4 is 40.8 Å². The van der Waals surface area contributed by atoms with Gasteiger partial charge < -0.3 is 49.3 Å². The number of piperazine rings is 2. The van der Waals surface area contributed by atoms with E-state index in [0.717, 1.165) is 50.9 Å². The van der Waals surface area contributed by atoms with Gasteiger partial charge in [-0.05, 0) is 51.7 Å². The molecule has 4 fully saturated rings. The average molecular weight is 751 g/mol. The number of carboxylic acid groups (broad SMARTS) is 2. The number of ether oxygens (including phenoxy) is 2. The first-order valence-corrected chi connectivity index (χ1v) is 18.2. The van der Waals surface area contributed by atoms with Gasteiger partial charge in [0.1, 0.15) is 22.5 Å². The van der Waals surface area contributed by atoms with Crippen LogP contribution in [0.4, 0.5) is 20.2 Å². The molecule has 0 spiro atoms. The molecule has 2 aromatic heterocycles. The SMILES string of the molecule is COc1c(N2CCNC(C)C2)c(F)cc2c(=O)c(C(=O)O)cn(C3CC3)c12.COc1c(N2CCNC(C)C2)c(F)cc2c(=O)c(C(=O)O)cn(C3CC3)c12. The lowest BCUT2D eigenvalue weighted by molar-refractivity contribution is 0.0684. The summed E-state index contributed by atoms with van der Waals surface area (Å²) >= 11 is 0.